The van der Waals surface area contributed by atoms with E-state index in [0.717, 1.165) is 24.9 Å². The molecule has 0 amide bonds. The van der Waals surface area contributed by atoms with E-state index in [1.165, 1.54) is 0 Å². The highest BCUT2D eigenvalue weighted by Crippen LogP contribution is 2.42. The van der Waals surface area contributed by atoms with E-state index in [-0.39, 0.29) is 13.2 Å². The molecule has 0 fully saturated rings. The second-order valence-corrected chi connectivity index (χ2v) is 16.6. The van der Waals surface area contributed by atoms with Crippen LogP contribution in [0.15, 0.2) is 62.3 Å². The number of aromatic nitrogens is 1. The number of ether oxygens (including phenoxy) is 12. The van der Waals surface area contributed by atoms with Gasteiger partial charge in [0.05, 0.1) is 111 Å². The molecule has 4 rings (SSSR count). The molecule has 2 heterocycles. The molecular formula is C47H63BF2I2N2O12. The van der Waals surface area contributed by atoms with Crippen LogP contribution >= 0.6 is 45.2 Å². The minimum absolute atomic E-state index is 0.241. The molecule has 0 radical (unpaired) electrons. The molecule has 0 aliphatic carbocycles. The van der Waals surface area contributed by atoms with Gasteiger partial charge in [0.2, 0.25) is 0 Å². The molecule has 66 heavy (non-hydrogen) atoms. The van der Waals surface area contributed by atoms with Crippen molar-refractivity contribution in [2.24, 2.45) is 4.99 Å². The lowest BCUT2D eigenvalue weighted by atomic mass is 9.94. The maximum atomic E-state index is 15.6. The number of rotatable bonds is 35. The maximum absolute atomic E-state index is 15.6. The Morgan fingerprint density at radius 1 is 0.591 bits per heavy atom. The van der Waals surface area contributed by atoms with Crippen molar-refractivity contribution in [1.29, 1.82) is 0 Å². The number of halogens is 4. The van der Waals surface area contributed by atoms with Gasteiger partial charge in [0.25, 0.3) is 0 Å². The first kappa shape index (κ1) is 55.6. The lowest BCUT2D eigenvalue weighted by Crippen LogP contribution is -2.18. The monoisotopic (exact) mass is 1150 g/mol. The van der Waals surface area contributed by atoms with E-state index in [4.69, 9.17) is 61.8 Å². The molecule has 1 aliphatic heterocycles. The van der Waals surface area contributed by atoms with E-state index in [1.807, 2.05) is 57.2 Å². The van der Waals surface area contributed by atoms with Crippen molar-refractivity contribution in [1.82, 2.24) is 4.48 Å². The fourth-order valence-electron chi connectivity index (χ4n) is 6.46. The van der Waals surface area contributed by atoms with Crippen LogP contribution in [0.4, 0.5) is 8.63 Å². The van der Waals surface area contributed by atoms with Crippen LogP contribution in [0, 0.1) is 10.5 Å². The first-order chi connectivity index (χ1) is 32.1. The average Bonchev–Trinajstić information content (AvgIpc) is 3.72. The first-order valence-corrected chi connectivity index (χ1v) is 23.9. The van der Waals surface area contributed by atoms with Crippen molar-refractivity contribution in [3.8, 4) is 17.2 Å². The lowest BCUT2D eigenvalue weighted by Gasteiger charge is -2.17. The van der Waals surface area contributed by atoms with E-state index in [1.54, 1.807) is 39.5 Å². The van der Waals surface area contributed by atoms with Gasteiger partial charge in [0.1, 0.15) is 25.6 Å². The Morgan fingerprint density at radius 3 is 1.53 bits per heavy atom. The standard InChI is InChI=1S/C47H63BF2I2N2O12/c1-34-44(51)36(3)53-46(34)43(38-9-11-39(12-10-38)64-30-27-61-24-21-58-18-15-55-4)47-35(2)45(52)40(54(47)48(49)50)13-7-37-8-14-41(65-31-28-62-25-22-59-19-16-56-5)42(33-37)66-32-29-63-26-23-60-20-17-57-6/h7-14,33H,15-32H2,1-6H3/b13-7+,46-43-. The van der Waals surface area contributed by atoms with Gasteiger partial charge in [0, 0.05) is 45.4 Å². The normalized spacial score (nSPS) is 13.6. The topological polar surface area (TPSA) is 128 Å². The minimum atomic E-state index is -2.88. The van der Waals surface area contributed by atoms with Crippen LogP contribution in [0.25, 0.3) is 17.7 Å². The summed E-state index contributed by atoms with van der Waals surface area (Å²) in [7, 11) is 2.00. The second-order valence-electron chi connectivity index (χ2n) is 14.4. The summed E-state index contributed by atoms with van der Waals surface area (Å²) in [6.45, 7) is 13.3. The number of methoxy groups -OCH3 is 3. The summed E-state index contributed by atoms with van der Waals surface area (Å²) in [5.41, 5.74) is 5.84. The van der Waals surface area contributed by atoms with Gasteiger partial charge in [-0.3, -0.25) is 13.6 Å². The van der Waals surface area contributed by atoms with E-state index in [2.05, 4.69) is 45.2 Å². The Bertz CT molecular complexity index is 2030. The van der Waals surface area contributed by atoms with Crippen molar-refractivity contribution in [3.05, 3.63) is 89.0 Å². The molecule has 0 bridgehead atoms. The van der Waals surface area contributed by atoms with Gasteiger partial charge in [-0.15, -0.1) is 0 Å². The third-order valence-corrected chi connectivity index (χ3v) is 12.7. The number of nitrogens with zero attached hydrogens (tertiary/aromatic N) is 2. The molecule has 0 atom stereocenters. The highest BCUT2D eigenvalue weighted by Gasteiger charge is 2.33. The second kappa shape index (κ2) is 32.0. The zero-order chi connectivity index (χ0) is 47.5. The van der Waals surface area contributed by atoms with Crippen LogP contribution in [0.3, 0.4) is 0 Å². The Kier molecular flexibility index (Phi) is 26.9. The summed E-state index contributed by atoms with van der Waals surface area (Å²) in [6, 6.07) is 12.9. The van der Waals surface area contributed by atoms with Crippen molar-refractivity contribution in [3.63, 3.8) is 0 Å². The van der Waals surface area contributed by atoms with Crippen LogP contribution < -0.4 is 14.2 Å². The third kappa shape index (κ3) is 18.2. The summed E-state index contributed by atoms with van der Waals surface area (Å²) in [5.74, 6) is 1.60. The van der Waals surface area contributed by atoms with Crippen LogP contribution in [0.2, 0.25) is 0 Å². The molecule has 1 aromatic heterocycles. The van der Waals surface area contributed by atoms with Crippen LogP contribution in [0.1, 0.15) is 41.9 Å². The van der Waals surface area contributed by atoms with Gasteiger partial charge in [0.15, 0.2) is 11.5 Å². The van der Waals surface area contributed by atoms with Crippen molar-refractivity contribution in [2.45, 2.75) is 20.8 Å². The van der Waals surface area contributed by atoms with Gasteiger partial charge >= 0.3 is 7.40 Å². The fraction of sp³-hybridized carbons (Fsp3) is 0.511. The third-order valence-electron chi connectivity index (χ3n) is 9.78. The SMILES string of the molecule is COCCOCCOCCOc1ccc(/C(=C2/N=C(C)C(I)=C2C)c2c(C)c(I)c(/C=C/c3ccc(OCCOCCOCCOC)c(OCCOCCOCCOC)c3)n2B(F)F)cc1. The zero-order valence-corrected chi connectivity index (χ0v) is 43.1. The summed E-state index contributed by atoms with van der Waals surface area (Å²) >= 11 is 4.42. The molecule has 2 aromatic carbocycles. The van der Waals surface area contributed by atoms with E-state index < -0.39 is 7.40 Å². The fourth-order valence-corrected chi connectivity index (χ4v) is 7.53. The zero-order valence-electron chi connectivity index (χ0n) is 38.8. The number of allylic oxidation sites excluding steroid dienone is 2. The van der Waals surface area contributed by atoms with Gasteiger partial charge in [-0.2, -0.15) is 0 Å². The summed E-state index contributed by atoms with van der Waals surface area (Å²) < 4.78 is 100. The summed E-state index contributed by atoms with van der Waals surface area (Å²) in [4.78, 5) is 4.93. The number of hydrogen-bond acceptors (Lipinski definition) is 13. The lowest BCUT2D eigenvalue weighted by molar-refractivity contribution is 0.0160. The molecule has 1 aliphatic rings. The highest BCUT2D eigenvalue weighted by atomic mass is 127. The molecule has 364 valence electrons. The van der Waals surface area contributed by atoms with E-state index in [0.29, 0.717) is 160 Å². The quantitative estimate of drug-likeness (QED) is 0.0319. The number of benzene rings is 2. The largest absolute Gasteiger partial charge is 0.678 e. The van der Waals surface area contributed by atoms with Crippen LogP contribution in [-0.2, 0) is 42.6 Å². The van der Waals surface area contributed by atoms with Crippen LogP contribution in [0.5, 0.6) is 17.2 Å². The average molecular weight is 1150 g/mol. The summed E-state index contributed by atoms with van der Waals surface area (Å²) in [5, 5.41) is 0. The predicted molar refractivity (Wildman–Crippen MR) is 270 cm³/mol. The first-order valence-electron chi connectivity index (χ1n) is 21.7. The summed E-state index contributed by atoms with van der Waals surface area (Å²) in [6.07, 6.45) is 3.50. The number of aliphatic imine (C=N–C) groups is 1. The Morgan fingerprint density at radius 2 is 1.06 bits per heavy atom. The number of hydrogen-bond donors (Lipinski definition) is 0. The minimum Gasteiger partial charge on any atom is -0.491 e. The molecule has 0 saturated heterocycles. The van der Waals surface area contributed by atoms with Crippen molar-refractivity contribution < 1.29 is 65.5 Å². The predicted octanol–water partition coefficient (Wildman–Crippen LogP) is 8.46. The molecule has 0 saturated carbocycles. The molecule has 0 N–H and O–H groups in total. The van der Waals surface area contributed by atoms with E-state index in [9.17, 15) is 0 Å². The molecule has 0 unspecified atom stereocenters. The van der Waals surface area contributed by atoms with Gasteiger partial charge in [-0.25, -0.2) is 0 Å². The maximum Gasteiger partial charge on any atom is 0.678 e. The Labute approximate surface area is 415 Å². The molecule has 19 heteroatoms. The highest BCUT2D eigenvalue weighted by molar-refractivity contribution is 14.1. The van der Waals surface area contributed by atoms with Gasteiger partial charge < -0.3 is 61.3 Å². The molecule has 0 spiro atoms. The molecular weight excluding hydrogens is 1090 g/mol. The molecule has 3 aromatic rings. The van der Waals surface area contributed by atoms with Gasteiger partial charge in [-0.05, 0) is 119 Å². The Hall–Kier alpha value is -2.97. The smallest absolute Gasteiger partial charge is 0.491 e. The van der Waals surface area contributed by atoms with Gasteiger partial charge in [-0.1, -0.05) is 24.3 Å². The van der Waals surface area contributed by atoms with Crippen molar-refractivity contribution in [2.75, 3.05) is 140 Å². The van der Waals surface area contributed by atoms with Crippen molar-refractivity contribution >= 4 is 76.0 Å². The van der Waals surface area contributed by atoms with E-state index >= 15 is 8.63 Å². The molecule has 14 nitrogen and oxygen atoms in total. The van der Waals surface area contributed by atoms with Crippen LogP contribution in [-0.4, -0.2) is 158 Å². The Balaban J connectivity index is 1.57.